The van der Waals surface area contributed by atoms with Gasteiger partial charge in [0.15, 0.2) is 16.0 Å². The summed E-state index contributed by atoms with van der Waals surface area (Å²) in [7, 11) is 0. The molecule has 0 radical (unpaired) electrons. The topological polar surface area (TPSA) is 71.9 Å². The highest BCUT2D eigenvalue weighted by atomic mass is 32.1. The predicted octanol–water partition coefficient (Wildman–Crippen LogP) is 4.56. The first-order chi connectivity index (χ1) is 13.8. The van der Waals surface area contributed by atoms with Crippen molar-refractivity contribution in [3.05, 3.63) is 77.9 Å². The molecular weight excluding hydrogens is 390 g/mol. The number of thiazole rings is 2. The van der Waals surface area contributed by atoms with Gasteiger partial charge in [0.2, 0.25) is 0 Å². The molecule has 0 atom stereocenters. The van der Waals surface area contributed by atoms with Crippen LogP contribution in [0.1, 0.15) is 10.5 Å². The van der Waals surface area contributed by atoms with Crippen molar-refractivity contribution in [2.75, 3.05) is 11.4 Å². The number of rotatable bonds is 6. The Morgan fingerprint density at radius 2 is 1.82 bits per heavy atom. The summed E-state index contributed by atoms with van der Waals surface area (Å²) in [6.45, 7) is 4.11. The molecule has 4 aromatic rings. The van der Waals surface area contributed by atoms with Gasteiger partial charge in [0.1, 0.15) is 5.69 Å². The van der Waals surface area contributed by atoms with E-state index in [2.05, 4.69) is 26.5 Å². The molecule has 0 fully saturated rings. The monoisotopic (exact) mass is 405 g/mol. The summed E-state index contributed by atoms with van der Waals surface area (Å²) in [6, 6.07) is 11.6. The normalized spacial score (nSPS) is 10.6. The molecule has 4 rings (SSSR count). The first kappa shape index (κ1) is 18.1. The number of hydrogen-bond acceptors (Lipinski definition) is 7. The lowest BCUT2D eigenvalue weighted by Crippen LogP contribution is -2.31. The highest BCUT2D eigenvalue weighted by molar-refractivity contribution is 7.14. The third-order valence-electron chi connectivity index (χ3n) is 3.83. The summed E-state index contributed by atoms with van der Waals surface area (Å²) in [5.74, 6) is 0.273. The molecule has 0 saturated heterocycles. The van der Waals surface area contributed by atoms with Crippen molar-refractivity contribution in [3.8, 4) is 22.1 Å². The van der Waals surface area contributed by atoms with Crippen LogP contribution < -0.4 is 4.90 Å². The second-order valence-electron chi connectivity index (χ2n) is 5.70. The number of aromatic nitrogens is 4. The number of benzene rings is 1. The van der Waals surface area contributed by atoms with Crippen LogP contribution in [0.2, 0.25) is 0 Å². The predicted molar refractivity (Wildman–Crippen MR) is 113 cm³/mol. The van der Waals surface area contributed by atoms with Gasteiger partial charge in [-0.2, -0.15) is 0 Å². The van der Waals surface area contributed by atoms with Gasteiger partial charge in [0.25, 0.3) is 5.91 Å². The highest BCUT2D eigenvalue weighted by Gasteiger charge is 2.23. The molecule has 0 unspecified atom stereocenters. The summed E-state index contributed by atoms with van der Waals surface area (Å²) >= 11 is 2.75. The van der Waals surface area contributed by atoms with Crippen LogP contribution in [0, 0.1) is 0 Å². The molecule has 28 heavy (non-hydrogen) atoms. The van der Waals surface area contributed by atoms with E-state index in [-0.39, 0.29) is 5.91 Å². The highest BCUT2D eigenvalue weighted by Crippen LogP contribution is 2.29. The van der Waals surface area contributed by atoms with Gasteiger partial charge in [-0.1, -0.05) is 36.4 Å². The van der Waals surface area contributed by atoms with Crippen molar-refractivity contribution in [1.82, 2.24) is 19.9 Å². The fourth-order valence-electron chi connectivity index (χ4n) is 2.53. The first-order valence-corrected chi connectivity index (χ1v) is 10.2. The second kappa shape index (κ2) is 8.20. The molecule has 0 bridgehead atoms. The lowest BCUT2D eigenvalue weighted by atomic mass is 10.2. The quantitative estimate of drug-likeness (QED) is 0.440. The van der Waals surface area contributed by atoms with Gasteiger partial charge in [-0.05, 0) is 6.07 Å². The van der Waals surface area contributed by atoms with Gasteiger partial charge in [0, 0.05) is 35.3 Å². The second-order valence-corrected chi connectivity index (χ2v) is 7.39. The first-order valence-electron chi connectivity index (χ1n) is 8.43. The zero-order valence-electron chi connectivity index (χ0n) is 14.7. The minimum atomic E-state index is -0.229. The minimum absolute atomic E-state index is 0.229. The molecule has 0 aliphatic carbocycles. The maximum absolute atomic E-state index is 13.1. The van der Waals surface area contributed by atoms with Crippen molar-refractivity contribution in [3.63, 3.8) is 0 Å². The van der Waals surface area contributed by atoms with Gasteiger partial charge in [-0.25, -0.2) is 19.9 Å². The number of amides is 1. The van der Waals surface area contributed by atoms with Gasteiger partial charge >= 0.3 is 0 Å². The molecular formula is C20H15N5OS2. The number of hydrogen-bond donors (Lipinski definition) is 0. The Bertz CT molecular complexity index is 1090. The average molecular weight is 406 g/mol. The van der Waals surface area contributed by atoms with E-state index in [1.54, 1.807) is 34.8 Å². The molecule has 0 aliphatic rings. The van der Waals surface area contributed by atoms with Crippen LogP contribution in [0.4, 0.5) is 5.13 Å². The maximum atomic E-state index is 13.1. The van der Waals surface area contributed by atoms with Crippen molar-refractivity contribution in [2.24, 2.45) is 0 Å². The Labute approximate surface area is 169 Å². The molecule has 1 amide bonds. The summed E-state index contributed by atoms with van der Waals surface area (Å²) in [5, 5.41) is 4.87. The Hall–Kier alpha value is -3.23. The van der Waals surface area contributed by atoms with Crippen molar-refractivity contribution in [1.29, 1.82) is 0 Å². The molecule has 3 heterocycles. The largest absolute Gasteiger partial charge is 0.279 e. The van der Waals surface area contributed by atoms with E-state index < -0.39 is 0 Å². The minimum Gasteiger partial charge on any atom is -0.279 e. The summed E-state index contributed by atoms with van der Waals surface area (Å²) in [6.07, 6.45) is 4.97. The van der Waals surface area contributed by atoms with Gasteiger partial charge < -0.3 is 0 Å². The Morgan fingerprint density at radius 3 is 2.57 bits per heavy atom. The van der Waals surface area contributed by atoms with E-state index in [9.17, 15) is 4.79 Å². The Kier molecular flexibility index (Phi) is 5.31. The summed E-state index contributed by atoms with van der Waals surface area (Å²) in [4.78, 5) is 32.1. The fourth-order valence-corrected chi connectivity index (χ4v) is 4.11. The van der Waals surface area contributed by atoms with Gasteiger partial charge in [-0.15, -0.1) is 29.3 Å². The Morgan fingerprint density at radius 1 is 1.04 bits per heavy atom. The van der Waals surface area contributed by atoms with Gasteiger partial charge in [0.05, 0.1) is 5.69 Å². The molecule has 6 nitrogen and oxygen atoms in total. The van der Waals surface area contributed by atoms with Crippen LogP contribution in [-0.4, -0.2) is 32.4 Å². The van der Waals surface area contributed by atoms with E-state index in [4.69, 9.17) is 0 Å². The molecule has 0 aliphatic heterocycles. The van der Waals surface area contributed by atoms with E-state index in [0.29, 0.717) is 28.2 Å². The fraction of sp³-hybridized carbons (Fsp3) is 0.0500. The van der Waals surface area contributed by atoms with Crippen molar-refractivity contribution in [2.45, 2.75) is 0 Å². The lowest BCUT2D eigenvalue weighted by Gasteiger charge is -2.16. The van der Waals surface area contributed by atoms with E-state index >= 15 is 0 Å². The number of carbonyl (C=O) groups is 1. The SMILES string of the molecule is C=CCN(C(=O)c1csc(-c2ncccn2)n1)c1nc(-c2ccccc2)cs1. The maximum Gasteiger partial charge on any atom is 0.279 e. The van der Waals surface area contributed by atoms with E-state index in [1.165, 1.54) is 22.7 Å². The lowest BCUT2D eigenvalue weighted by molar-refractivity contribution is 0.0985. The van der Waals surface area contributed by atoms with E-state index in [1.807, 2.05) is 35.7 Å². The molecule has 0 spiro atoms. The number of carbonyl (C=O) groups excluding carboxylic acids is 1. The molecule has 8 heteroatoms. The number of nitrogens with zero attached hydrogens (tertiary/aromatic N) is 5. The zero-order chi connectivity index (χ0) is 19.3. The van der Waals surface area contributed by atoms with Crippen LogP contribution in [0.3, 0.4) is 0 Å². The summed E-state index contributed by atoms with van der Waals surface area (Å²) < 4.78 is 0. The molecule has 1 aromatic carbocycles. The molecule has 0 N–H and O–H groups in total. The third kappa shape index (κ3) is 3.73. The van der Waals surface area contributed by atoms with E-state index in [0.717, 1.165) is 11.3 Å². The summed E-state index contributed by atoms with van der Waals surface area (Å²) in [5.41, 5.74) is 2.18. The smallest absolute Gasteiger partial charge is 0.279 e. The van der Waals surface area contributed by atoms with Crippen LogP contribution in [0.25, 0.3) is 22.1 Å². The van der Waals surface area contributed by atoms with Crippen molar-refractivity contribution >= 4 is 33.7 Å². The average Bonchev–Trinajstić information content (AvgIpc) is 3.43. The van der Waals surface area contributed by atoms with Crippen LogP contribution in [0.15, 0.2) is 72.2 Å². The standard InChI is InChI=1S/C20H15N5OS2/c1-2-11-25(20-24-15(12-28-20)14-7-4-3-5-8-14)19(26)16-13-27-18(23-16)17-21-9-6-10-22-17/h2-10,12-13H,1,11H2. The number of anilines is 1. The van der Waals surface area contributed by atoms with Crippen LogP contribution in [0.5, 0.6) is 0 Å². The molecule has 138 valence electrons. The molecule has 0 saturated carbocycles. The van der Waals surface area contributed by atoms with Crippen molar-refractivity contribution < 1.29 is 4.79 Å². The third-order valence-corrected chi connectivity index (χ3v) is 5.53. The van der Waals surface area contributed by atoms with Crippen LogP contribution >= 0.6 is 22.7 Å². The zero-order valence-corrected chi connectivity index (χ0v) is 16.4. The van der Waals surface area contributed by atoms with Crippen LogP contribution in [-0.2, 0) is 0 Å². The molecule has 3 aromatic heterocycles. The Balaban J connectivity index is 1.62. The van der Waals surface area contributed by atoms with Gasteiger partial charge in [-0.3, -0.25) is 9.69 Å².